The Morgan fingerprint density at radius 1 is 0.892 bits per heavy atom. The van der Waals surface area contributed by atoms with Gasteiger partial charge in [0.25, 0.3) is 0 Å². The summed E-state index contributed by atoms with van der Waals surface area (Å²) in [6.45, 7) is 4.99. The van der Waals surface area contributed by atoms with Crippen LogP contribution in [0.1, 0.15) is 42.0 Å². The first-order valence-corrected chi connectivity index (χ1v) is 12.8. The van der Waals surface area contributed by atoms with Crippen molar-refractivity contribution in [2.75, 3.05) is 20.8 Å². The molecule has 3 aromatic rings. The maximum absolute atomic E-state index is 13.8. The van der Waals surface area contributed by atoms with Gasteiger partial charge in [-0.25, -0.2) is 0 Å². The van der Waals surface area contributed by atoms with E-state index in [2.05, 4.69) is 5.32 Å². The topological polar surface area (TPSA) is 67.9 Å². The molecule has 0 heterocycles. The summed E-state index contributed by atoms with van der Waals surface area (Å²) in [6.07, 6.45) is 2.07. The molecule has 0 bridgehead atoms. The SMILES string of the molecule is CCCNC(=O)[C@@H](Cc1ccccc1)N(Cc1ccccc1C)C(=O)CCc1ccc(OC)c(OC)c1. The molecule has 0 saturated heterocycles. The summed E-state index contributed by atoms with van der Waals surface area (Å²) in [5.74, 6) is 1.09. The summed E-state index contributed by atoms with van der Waals surface area (Å²) in [5, 5.41) is 3.03. The molecular formula is C31H38N2O4. The number of benzene rings is 3. The molecule has 0 aromatic heterocycles. The highest BCUT2D eigenvalue weighted by Crippen LogP contribution is 2.28. The molecule has 6 heteroatoms. The maximum atomic E-state index is 13.8. The third-order valence-electron chi connectivity index (χ3n) is 6.50. The lowest BCUT2D eigenvalue weighted by Gasteiger charge is -2.32. The van der Waals surface area contributed by atoms with E-state index in [1.807, 2.05) is 86.6 Å². The Kier molecular flexibility index (Phi) is 10.6. The number of rotatable bonds is 13. The van der Waals surface area contributed by atoms with Gasteiger partial charge in [0.2, 0.25) is 11.8 Å². The fourth-order valence-electron chi connectivity index (χ4n) is 4.32. The van der Waals surface area contributed by atoms with Crippen LogP contribution in [-0.2, 0) is 29.0 Å². The molecule has 6 nitrogen and oxygen atoms in total. The molecule has 3 aromatic carbocycles. The smallest absolute Gasteiger partial charge is 0.243 e. The van der Waals surface area contributed by atoms with Gasteiger partial charge in [0.05, 0.1) is 14.2 Å². The van der Waals surface area contributed by atoms with Gasteiger partial charge in [-0.1, -0.05) is 67.6 Å². The van der Waals surface area contributed by atoms with Gasteiger partial charge in [-0.2, -0.15) is 0 Å². The predicted molar refractivity (Wildman–Crippen MR) is 147 cm³/mol. The number of hydrogen-bond acceptors (Lipinski definition) is 4. The van der Waals surface area contributed by atoms with Crippen LogP contribution in [-0.4, -0.2) is 43.5 Å². The molecule has 0 fully saturated rings. The Bertz CT molecular complexity index is 1160. The van der Waals surface area contributed by atoms with Gasteiger partial charge in [-0.05, 0) is 54.2 Å². The van der Waals surface area contributed by atoms with Crippen LogP contribution < -0.4 is 14.8 Å². The standard InChI is InChI=1S/C31H38N2O4/c1-5-19-32-31(35)27(20-24-12-7-6-8-13-24)33(22-26-14-10-9-11-23(26)2)30(34)18-16-25-15-17-28(36-3)29(21-25)37-4/h6-15,17,21,27H,5,16,18-20,22H2,1-4H3,(H,32,35)/t27-/m1/s1. The zero-order valence-electron chi connectivity index (χ0n) is 22.3. The molecule has 0 spiro atoms. The summed E-state index contributed by atoms with van der Waals surface area (Å²) in [6, 6.07) is 22.9. The first kappa shape index (κ1) is 27.8. The first-order chi connectivity index (χ1) is 18.0. The highest BCUT2D eigenvalue weighted by molar-refractivity contribution is 5.88. The summed E-state index contributed by atoms with van der Waals surface area (Å²) >= 11 is 0. The summed E-state index contributed by atoms with van der Waals surface area (Å²) < 4.78 is 10.8. The van der Waals surface area contributed by atoms with Gasteiger partial charge in [0.15, 0.2) is 11.5 Å². The van der Waals surface area contributed by atoms with E-state index < -0.39 is 6.04 Å². The highest BCUT2D eigenvalue weighted by atomic mass is 16.5. The Morgan fingerprint density at radius 2 is 1.59 bits per heavy atom. The lowest BCUT2D eigenvalue weighted by Crippen LogP contribution is -2.50. The normalized spacial score (nSPS) is 11.5. The number of methoxy groups -OCH3 is 2. The van der Waals surface area contributed by atoms with E-state index in [0.717, 1.165) is 28.7 Å². The van der Waals surface area contributed by atoms with Crippen molar-refractivity contribution < 1.29 is 19.1 Å². The number of hydrogen-bond donors (Lipinski definition) is 1. The van der Waals surface area contributed by atoms with Crippen LogP contribution in [0.3, 0.4) is 0 Å². The Hall–Kier alpha value is -3.80. The van der Waals surface area contributed by atoms with Crippen molar-refractivity contribution >= 4 is 11.8 Å². The Balaban J connectivity index is 1.90. The fourth-order valence-corrected chi connectivity index (χ4v) is 4.32. The number of amides is 2. The van der Waals surface area contributed by atoms with E-state index in [9.17, 15) is 9.59 Å². The Labute approximate surface area is 220 Å². The lowest BCUT2D eigenvalue weighted by molar-refractivity contribution is -0.141. The molecule has 0 unspecified atom stereocenters. The molecule has 1 N–H and O–H groups in total. The minimum atomic E-state index is -0.619. The van der Waals surface area contributed by atoms with E-state index in [1.165, 1.54) is 0 Å². The number of aryl methyl sites for hydroxylation is 2. The largest absolute Gasteiger partial charge is 0.493 e. The van der Waals surface area contributed by atoms with E-state index in [1.54, 1.807) is 19.1 Å². The predicted octanol–water partition coefficient (Wildman–Crippen LogP) is 5.11. The van der Waals surface area contributed by atoms with Gasteiger partial charge >= 0.3 is 0 Å². The maximum Gasteiger partial charge on any atom is 0.243 e. The second-order valence-corrected chi connectivity index (χ2v) is 9.13. The molecule has 0 radical (unpaired) electrons. The molecule has 0 aliphatic carbocycles. The molecule has 0 aliphatic rings. The van der Waals surface area contributed by atoms with Crippen LogP contribution in [0, 0.1) is 6.92 Å². The van der Waals surface area contributed by atoms with Crippen molar-refractivity contribution in [3.8, 4) is 11.5 Å². The summed E-state index contributed by atoms with van der Waals surface area (Å²) in [4.78, 5) is 29.0. The average Bonchev–Trinajstić information content (AvgIpc) is 2.93. The van der Waals surface area contributed by atoms with E-state index in [-0.39, 0.29) is 18.2 Å². The monoisotopic (exact) mass is 502 g/mol. The minimum Gasteiger partial charge on any atom is -0.493 e. The molecular weight excluding hydrogens is 464 g/mol. The first-order valence-electron chi connectivity index (χ1n) is 12.8. The van der Waals surface area contributed by atoms with Crippen molar-refractivity contribution in [1.82, 2.24) is 10.2 Å². The molecule has 37 heavy (non-hydrogen) atoms. The highest BCUT2D eigenvalue weighted by Gasteiger charge is 2.30. The number of carbonyl (C=O) groups is 2. The van der Waals surface area contributed by atoms with Crippen LogP contribution in [0.4, 0.5) is 0 Å². The van der Waals surface area contributed by atoms with Crippen molar-refractivity contribution in [3.05, 3.63) is 95.1 Å². The summed E-state index contributed by atoms with van der Waals surface area (Å²) in [7, 11) is 3.20. The fraction of sp³-hybridized carbons (Fsp3) is 0.355. The van der Waals surface area contributed by atoms with Crippen molar-refractivity contribution in [2.45, 2.75) is 52.1 Å². The second-order valence-electron chi connectivity index (χ2n) is 9.13. The quantitative estimate of drug-likeness (QED) is 0.353. The average molecular weight is 503 g/mol. The van der Waals surface area contributed by atoms with Crippen molar-refractivity contribution in [2.24, 2.45) is 0 Å². The van der Waals surface area contributed by atoms with Crippen molar-refractivity contribution in [1.29, 1.82) is 0 Å². The number of nitrogens with one attached hydrogen (secondary N) is 1. The van der Waals surface area contributed by atoms with Gasteiger partial charge in [0, 0.05) is 25.9 Å². The Morgan fingerprint density at radius 3 is 2.27 bits per heavy atom. The van der Waals surface area contributed by atoms with Gasteiger partial charge in [-0.15, -0.1) is 0 Å². The molecule has 0 aliphatic heterocycles. The van der Waals surface area contributed by atoms with Gasteiger partial charge in [0.1, 0.15) is 6.04 Å². The van der Waals surface area contributed by atoms with Gasteiger partial charge < -0.3 is 19.7 Å². The van der Waals surface area contributed by atoms with Crippen molar-refractivity contribution in [3.63, 3.8) is 0 Å². The van der Waals surface area contributed by atoms with Crippen LogP contribution in [0.25, 0.3) is 0 Å². The second kappa shape index (κ2) is 14.1. The number of ether oxygens (including phenoxy) is 2. The molecule has 3 rings (SSSR count). The lowest BCUT2D eigenvalue weighted by atomic mass is 10.0. The molecule has 196 valence electrons. The van der Waals surface area contributed by atoms with Crippen LogP contribution in [0.2, 0.25) is 0 Å². The zero-order valence-corrected chi connectivity index (χ0v) is 22.3. The van der Waals surface area contributed by atoms with Crippen LogP contribution in [0.5, 0.6) is 11.5 Å². The third-order valence-corrected chi connectivity index (χ3v) is 6.50. The van der Waals surface area contributed by atoms with Crippen LogP contribution in [0.15, 0.2) is 72.8 Å². The number of nitrogens with zero attached hydrogens (tertiary/aromatic N) is 1. The van der Waals surface area contributed by atoms with E-state index in [0.29, 0.717) is 37.4 Å². The molecule has 2 amide bonds. The molecule has 1 atom stereocenters. The third kappa shape index (κ3) is 7.84. The summed E-state index contributed by atoms with van der Waals surface area (Å²) in [5.41, 5.74) is 4.11. The minimum absolute atomic E-state index is 0.0642. The number of carbonyl (C=O) groups excluding carboxylic acids is 2. The molecule has 0 saturated carbocycles. The van der Waals surface area contributed by atoms with E-state index in [4.69, 9.17) is 9.47 Å². The zero-order chi connectivity index (χ0) is 26.6. The van der Waals surface area contributed by atoms with Crippen LogP contribution >= 0.6 is 0 Å². The van der Waals surface area contributed by atoms with E-state index >= 15 is 0 Å². The van der Waals surface area contributed by atoms with Gasteiger partial charge in [-0.3, -0.25) is 9.59 Å².